The molecule has 0 aliphatic heterocycles. The molecule has 0 rings (SSSR count). The van der Waals surface area contributed by atoms with Gasteiger partial charge in [0.05, 0.1) is 12.5 Å². The number of allylic oxidation sites excluding steroid dienone is 1. The van der Waals surface area contributed by atoms with Crippen LogP contribution in [0.15, 0.2) is 12.7 Å². The van der Waals surface area contributed by atoms with Crippen molar-refractivity contribution in [3.8, 4) is 6.07 Å². The van der Waals surface area contributed by atoms with Crippen molar-refractivity contribution in [1.82, 2.24) is 0 Å². The number of hydrogen-bond acceptors (Lipinski definition) is 1. The average molecular weight is 136 g/mol. The maximum Gasteiger partial charge on any atom is 0.0669 e. The Morgan fingerprint density at radius 1 is 1.20 bits per heavy atom. The first-order chi connectivity index (χ1) is 4.91. The van der Waals surface area contributed by atoms with Gasteiger partial charge in [-0.1, -0.05) is 18.9 Å². The van der Waals surface area contributed by atoms with Crippen LogP contribution in [0.2, 0.25) is 0 Å². The normalized spacial score (nSPS) is 8.70. The molecule has 0 heterocycles. The third-order valence-corrected chi connectivity index (χ3v) is 1.35. The number of unbranched alkanes of at least 4 members (excludes halogenated alkanes) is 5. The number of hydrogen-bond donors (Lipinski definition) is 0. The number of nitrogens with zero attached hydrogens (tertiary/aromatic N) is 1. The van der Waals surface area contributed by atoms with Gasteiger partial charge in [-0.2, -0.15) is 5.26 Å². The van der Waals surface area contributed by atoms with Crippen LogP contribution in [0.1, 0.15) is 32.1 Å². The van der Waals surface area contributed by atoms with Crippen molar-refractivity contribution in [2.45, 2.75) is 32.1 Å². The molecule has 0 spiro atoms. The van der Waals surface area contributed by atoms with E-state index in [1.54, 1.807) is 6.42 Å². The first-order valence-electron chi connectivity index (χ1n) is 3.74. The zero-order valence-corrected chi connectivity index (χ0v) is 6.34. The Morgan fingerprint density at radius 2 is 1.90 bits per heavy atom. The summed E-state index contributed by atoms with van der Waals surface area (Å²) in [4.78, 5) is 0. The summed E-state index contributed by atoms with van der Waals surface area (Å²) >= 11 is 0. The largest absolute Gasteiger partial charge is 0.198 e. The Labute approximate surface area is 63.4 Å². The lowest BCUT2D eigenvalue weighted by Crippen LogP contribution is -1.76. The molecule has 1 radical (unpaired) electrons. The van der Waals surface area contributed by atoms with Gasteiger partial charge in [0.2, 0.25) is 0 Å². The van der Waals surface area contributed by atoms with Crippen molar-refractivity contribution in [3.05, 3.63) is 19.1 Å². The highest BCUT2D eigenvalue weighted by molar-refractivity contribution is 4.90. The molecule has 0 aromatic carbocycles. The second kappa shape index (κ2) is 8.23. The zero-order chi connectivity index (χ0) is 7.66. The van der Waals surface area contributed by atoms with Crippen LogP contribution in [0.25, 0.3) is 0 Å². The topological polar surface area (TPSA) is 23.8 Å². The van der Waals surface area contributed by atoms with Gasteiger partial charge < -0.3 is 0 Å². The first kappa shape index (κ1) is 9.23. The van der Waals surface area contributed by atoms with E-state index >= 15 is 0 Å². The lowest BCUT2D eigenvalue weighted by atomic mass is 10.1. The predicted octanol–water partition coefficient (Wildman–Crippen LogP) is 2.85. The molecule has 0 bridgehead atoms. The minimum atomic E-state index is 0.938. The van der Waals surface area contributed by atoms with Gasteiger partial charge in [-0.15, -0.1) is 6.58 Å². The van der Waals surface area contributed by atoms with E-state index in [0.717, 1.165) is 19.3 Å². The lowest BCUT2D eigenvalue weighted by Gasteiger charge is -1.93. The molecule has 55 valence electrons. The zero-order valence-electron chi connectivity index (χ0n) is 6.34. The summed E-state index contributed by atoms with van der Waals surface area (Å²) in [5.41, 5.74) is 0. The van der Waals surface area contributed by atoms with E-state index in [-0.39, 0.29) is 0 Å². The van der Waals surface area contributed by atoms with Crippen LogP contribution in [0, 0.1) is 17.8 Å². The van der Waals surface area contributed by atoms with Crippen LogP contribution < -0.4 is 0 Å². The van der Waals surface area contributed by atoms with Gasteiger partial charge in [0.25, 0.3) is 0 Å². The average Bonchev–Trinajstić information content (AvgIpc) is 1.97. The third kappa shape index (κ3) is 7.23. The highest BCUT2D eigenvalue weighted by Crippen LogP contribution is 2.03. The fourth-order valence-electron chi connectivity index (χ4n) is 0.776. The molecule has 0 aliphatic rings. The molecule has 0 aliphatic carbocycles. The summed E-state index contributed by atoms with van der Waals surface area (Å²) < 4.78 is 0. The quantitative estimate of drug-likeness (QED) is 0.407. The van der Waals surface area contributed by atoms with Crippen LogP contribution in [0.5, 0.6) is 0 Å². The van der Waals surface area contributed by atoms with Crippen LogP contribution in [0.4, 0.5) is 0 Å². The van der Waals surface area contributed by atoms with Crippen molar-refractivity contribution < 1.29 is 0 Å². The smallest absolute Gasteiger partial charge is 0.0669 e. The molecular weight excluding hydrogens is 122 g/mol. The van der Waals surface area contributed by atoms with E-state index in [1.165, 1.54) is 12.8 Å². The minimum Gasteiger partial charge on any atom is -0.198 e. The van der Waals surface area contributed by atoms with Crippen molar-refractivity contribution in [3.63, 3.8) is 0 Å². The lowest BCUT2D eigenvalue weighted by molar-refractivity contribution is 0.688. The standard InChI is InChI=1S/C9H14N/c1-2-3-4-5-6-7-8-9-10/h2,8H,1,3-7H2. The van der Waals surface area contributed by atoms with Gasteiger partial charge in [0.1, 0.15) is 0 Å². The number of nitriles is 1. The minimum absolute atomic E-state index is 0.938. The highest BCUT2D eigenvalue weighted by Gasteiger charge is 1.87. The molecule has 0 fully saturated rings. The Hall–Kier alpha value is -0.770. The van der Waals surface area contributed by atoms with E-state index in [1.807, 2.05) is 12.1 Å². The molecule has 10 heavy (non-hydrogen) atoms. The third-order valence-electron chi connectivity index (χ3n) is 1.35. The monoisotopic (exact) mass is 136 g/mol. The Kier molecular flexibility index (Phi) is 7.60. The van der Waals surface area contributed by atoms with Crippen molar-refractivity contribution in [2.75, 3.05) is 0 Å². The SMILES string of the molecule is C=CCCCCC[CH]C#N. The second-order valence-electron chi connectivity index (χ2n) is 2.26. The molecule has 0 aromatic heterocycles. The molecule has 0 N–H and O–H groups in total. The van der Waals surface area contributed by atoms with Crippen LogP contribution in [-0.4, -0.2) is 0 Å². The van der Waals surface area contributed by atoms with Crippen molar-refractivity contribution >= 4 is 0 Å². The molecule has 1 nitrogen and oxygen atoms in total. The molecule has 1 heteroatoms. The first-order valence-corrected chi connectivity index (χ1v) is 3.74. The van der Waals surface area contributed by atoms with Gasteiger partial charge in [-0.3, -0.25) is 0 Å². The van der Waals surface area contributed by atoms with Gasteiger partial charge in [0.15, 0.2) is 0 Å². The maximum atomic E-state index is 8.15. The molecule has 0 saturated heterocycles. The molecule has 0 aromatic rings. The van der Waals surface area contributed by atoms with Crippen LogP contribution in [-0.2, 0) is 0 Å². The Morgan fingerprint density at radius 3 is 2.50 bits per heavy atom. The molecule has 0 atom stereocenters. The van der Waals surface area contributed by atoms with Crippen molar-refractivity contribution in [1.29, 1.82) is 5.26 Å². The highest BCUT2D eigenvalue weighted by atomic mass is 14.2. The van der Waals surface area contributed by atoms with Gasteiger partial charge >= 0.3 is 0 Å². The summed E-state index contributed by atoms with van der Waals surface area (Å²) in [6, 6.07) is 2.01. The summed E-state index contributed by atoms with van der Waals surface area (Å²) in [5.74, 6) is 0. The summed E-state index contributed by atoms with van der Waals surface area (Å²) in [6.45, 7) is 3.63. The Bertz CT molecular complexity index is 110. The van der Waals surface area contributed by atoms with Gasteiger partial charge in [-0.25, -0.2) is 0 Å². The fourth-order valence-corrected chi connectivity index (χ4v) is 0.776. The van der Waals surface area contributed by atoms with Crippen LogP contribution in [0.3, 0.4) is 0 Å². The number of rotatable bonds is 6. The van der Waals surface area contributed by atoms with E-state index in [0.29, 0.717) is 0 Å². The Balaban J connectivity index is 2.78. The summed E-state index contributed by atoms with van der Waals surface area (Å²) in [5, 5.41) is 8.15. The molecule has 0 amide bonds. The second-order valence-corrected chi connectivity index (χ2v) is 2.26. The molecule has 0 saturated carbocycles. The summed E-state index contributed by atoms with van der Waals surface area (Å²) in [6.07, 6.45) is 9.20. The van der Waals surface area contributed by atoms with E-state index < -0.39 is 0 Å². The van der Waals surface area contributed by atoms with Gasteiger partial charge in [0, 0.05) is 0 Å². The van der Waals surface area contributed by atoms with E-state index in [4.69, 9.17) is 5.26 Å². The van der Waals surface area contributed by atoms with E-state index in [9.17, 15) is 0 Å². The van der Waals surface area contributed by atoms with Crippen LogP contribution >= 0.6 is 0 Å². The maximum absolute atomic E-state index is 8.15. The van der Waals surface area contributed by atoms with Gasteiger partial charge in [-0.05, 0) is 19.3 Å². The predicted molar refractivity (Wildman–Crippen MR) is 43.2 cm³/mol. The van der Waals surface area contributed by atoms with Crippen molar-refractivity contribution in [2.24, 2.45) is 0 Å². The molecule has 0 unspecified atom stereocenters. The molecular formula is C9H14N. The summed E-state index contributed by atoms with van der Waals surface area (Å²) in [7, 11) is 0. The van der Waals surface area contributed by atoms with E-state index in [2.05, 4.69) is 6.58 Å². The fraction of sp³-hybridized carbons (Fsp3) is 0.556.